The molecule has 5 nitrogen and oxygen atoms in total. The molecule has 0 saturated heterocycles. The first kappa shape index (κ1) is 11.8. The Morgan fingerprint density at radius 3 is 3.00 bits per heavy atom. The van der Waals surface area contributed by atoms with Crippen molar-refractivity contribution in [3.8, 4) is 0 Å². The van der Waals surface area contributed by atoms with Gasteiger partial charge in [0.15, 0.2) is 0 Å². The SMILES string of the molecule is NC(=O)c1cnc2[nH]ccc2c1N[C@@H]1C[C@@H]2CC[C@H]1C2. The molecule has 104 valence electrons. The van der Waals surface area contributed by atoms with Gasteiger partial charge >= 0.3 is 0 Å². The number of carbonyl (C=O) groups is 1. The van der Waals surface area contributed by atoms with Crippen molar-refractivity contribution in [3.05, 3.63) is 24.0 Å². The minimum atomic E-state index is -0.425. The summed E-state index contributed by atoms with van der Waals surface area (Å²) in [5.41, 5.74) is 7.62. The summed E-state index contributed by atoms with van der Waals surface area (Å²) in [6, 6.07) is 2.41. The van der Waals surface area contributed by atoms with E-state index in [4.69, 9.17) is 5.73 Å². The van der Waals surface area contributed by atoms with E-state index in [0.29, 0.717) is 11.6 Å². The second-order valence-electron chi connectivity index (χ2n) is 6.08. The molecule has 2 heterocycles. The van der Waals surface area contributed by atoms with Crippen LogP contribution in [0.25, 0.3) is 11.0 Å². The molecular formula is C15H18N4O. The zero-order valence-corrected chi connectivity index (χ0v) is 11.2. The predicted octanol–water partition coefficient (Wildman–Crippen LogP) is 2.26. The molecule has 4 N–H and O–H groups in total. The van der Waals surface area contributed by atoms with E-state index in [2.05, 4.69) is 15.3 Å². The summed E-state index contributed by atoms with van der Waals surface area (Å²) < 4.78 is 0. The number of pyridine rings is 1. The lowest BCUT2D eigenvalue weighted by molar-refractivity contribution is 0.100. The summed E-state index contributed by atoms with van der Waals surface area (Å²) in [5.74, 6) is 1.17. The van der Waals surface area contributed by atoms with Crippen LogP contribution in [0.2, 0.25) is 0 Å². The first-order chi connectivity index (χ1) is 9.72. The number of nitrogens with two attached hydrogens (primary N) is 1. The third-order valence-electron chi connectivity index (χ3n) is 4.92. The van der Waals surface area contributed by atoms with Gasteiger partial charge in [-0.15, -0.1) is 0 Å². The zero-order chi connectivity index (χ0) is 13.7. The minimum Gasteiger partial charge on any atom is -0.381 e. The van der Waals surface area contributed by atoms with E-state index in [1.54, 1.807) is 6.20 Å². The number of anilines is 1. The molecule has 2 aliphatic rings. The molecule has 20 heavy (non-hydrogen) atoms. The smallest absolute Gasteiger partial charge is 0.252 e. The molecule has 0 unspecified atom stereocenters. The average molecular weight is 270 g/mol. The number of nitrogens with zero attached hydrogens (tertiary/aromatic N) is 1. The van der Waals surface area contributed by atoms with E-state index in [-0.39, 0.29) is 0 Å². The van der Waals surface area contributed by atoms with Crippen molar-refractivity contribution < 1.29 is 4.79 Å². The van der Waals surface area contributed by atoms with Crippen LogP contribution in [0.3, 0.4) is 0 Å². The van der Waals surface area contributed by atoms with Crippen molar-refractivity contribution in [2.75, 3.05) is 5.32 Å². The van der Waals surface area contributed by atoms with Gasteiger partial charge in [-0.05, 0) is 37.2 Å². The Bertz CT molecular complexity index is 678. The lowest BCUT2D eigenvalue weighted by atomic mass is 9.94. The topological polar surface area (TPSA) is 83.8 Å². The van der Waals surface area contributed by atoms with E-state index in [1.165, 1.54) is 25.7 Å². The van der Waals surface area contributed by atoms with Crippen molar-refractivity contribution in [2.45, 2.75) is 31.7 Å². The maximum absolute atomic E-state index is 11.7. The molecule has 2 aromatic heterocycles. The number of hydrogen-bond donors (Lipinski definition) is 3. The Morgan fingerprint density at radius 1 is 1.40 bits per heavy atom. The van der Waals surface area contributed by atoms with Crippen molar-refractivity contribution in [1.29, 1.82) is 0 Å². The third-order valence-corrected chi connectivity index (χ3v) is 4.92. The van der Waals surface area contributed by atoms with Gasteiger partial charge in [-0.2, -0.15) is 0 Å². The molecule has 0 spiro atoms. The molecule has 3 atom stereocenters. The maximum Gasteiger partial charge on any atom is 0.252 e. The molecule has 2 fully saturated rings. The Morgan fingerprint density at radius 2 is 2.30 bits per heavy atom. The molecule has 4 rings (SSSR count). The van der Waals surface area contributed by atoms with Gasteiger partial charge in [0.1, 0.15) is 5.65 Å². The Kier molecular flexibility index (Phi) is 2.49. The Balaban J connectivity index is 1.75. The predicted molar refractivity (Wildman–Crippen MR) is 77.5 cm³/mol. The highest BCUT2D eigenvalue weighted by atomic mass is 16.1. The zero-order valence-electron chi connectivity index (χ0n) is 11.2. The quantitative estimate of drug-likeness (QED) is 0.800. The van der Waals surface area contributed by atoms with Gasteiger partial charge in [0.05, 0.1) is 11.3 Å². The highest BCUT2D eigenvalue weighted by Crippen LogP contribution is 2.46. The fourth-order valence-electron chi connectivity index (χ4n) is 3.96. The number of nitrogens with one attached hydrogen (secondary N) is 2. The standard InChI is InChI=1S/C15H18N4O/c16-14(20)11-7-18-15-10(3-4-17-15)13(11)19-12-6-8-1-2-9(12)5-8/h3-4,7-9,12H,1-2,5-6H2,(H2,16,20)(H2,17,18,19)/t8-,9+,12-/m1/s1. The molecule has 0 aromatic carbocycles. The monoisotopic (exact) mass is 270 g/mol. The Hall–Kier alpha value is -2.04. The summed E-state index contributed by atoms with van der Waals surface area (Å²) in [6.07, 6.45) is 8.60. The second-order valence-corrected chi connectivity index (χ2v) is 6.08. The molecule has 1 amide bonds. The van der Waals surface area contributed by atoms with Crippen LogP contribution in [-0.2, 0) is 0 Å². The van der Waals surface area contributed by atoms with E-state index >= 15 is 0 Å². The lowest BCUT2D eigenvalue weighted by Gasteiger charge is -2.25. The number of primary amides is 1. The van der Waals surface area contributed by atoms with Gasteiger partial charge in [0.25, 0.3) is 5.91 Å². The van der Waals surface area contributed by atoms with Crippen LogP contribution in [0.1, 0.15) is 36.0 Å². The Labute approximate surface area is 117 Å². The number of aromatic amines is 1. The van der Waals surface area contributed by atoms with Crippen LogP contribution in [0.4, 0.5) is 5.69 Å². The van der Waals surface area contributed by atoms with Crippen LogP contribution >= 0.6 is 0 Å². The van der Waals surface area contributed by atoms with Crippen molar-refractivity contribution in [1.82, 2.24) is 9.97 Å². The van der Waals surface area contributed by atoms with E-state index in [0.717, 1.165) is 28.6 Å². The van der Waals surface area contributed by atoms with Gasteiger partial charge in [0.2, 0.25) is 0 Å². The summed E-state index contributed by atoms with van der Waals surface area (Å²) >= 11 is 0. The third kappa shape index (κ3) is 1.69. The molecular weight excluding hydrogens is 252 g/mol. The fourth-order valence-corrected chi connectivity index (χ4v) is 3.96. The molecule has 2 aromatic rings. The van der Waals surface area contributed by atoms with E-state index in [1.807, 2.05) is 12.3 Å². The summed E-state index contributed by atoms with van der Waals surface area (Å²) in [5, 5.41) is 4.54. The van der Waals surface area contributed by atoms with Crippen LogP contribution in [0, 0.1) is 11.8 Å². The van der Waals surface area contributed by atoms with Crippen molar-refractivity contribution in [3.63, 3.8) is 0 Å². The fraction of sp³-hybridized carbons (Fsp3) is 0.467. The first-order valence-electron chi connectivity index (χ1n) is 7.25. The van der Waals surface area contributed by atoms with Crippen LogP contribution in [0.15, 0.2) is 18.5 Å². The highest BCUT2D eigenvalue weighted by Gasteiger charge is 2.39. The maximum atomic E-state index is 11.7. The molecule has 2 saturated carbocycles. The number of rotatable bonds is 3. The number of hydrogen-bond acceptors (Lipinski definition) is 3. The van der Waals surface area contributed by atoms with Crippen LogP contribution < -0.4 is 11.1 Å². The normalized spacial score (nSPS) is 28.1. The van der Waals surface area contributed by atoms with Gasteiger partial charge in [-0.1, -0.05) is 6.42 Å². The number of fused-ring (bicyclic) bond motifs is 3. The van der Waals surface area contributed by atoms with E-state index < -0.39 is 5.91 Å². The molecule has 2 bridgehead atoms. The van der Waals surface area contributed by atoms with Gasteiger partial charge in [0, 0.05) is 23.8 Å². The highest BCUT2D eigenvalue weighted by molar-refractivity contribution is 6.05. The van der Waals surface area contributed by atoms with E-state index in [9.17, 15) is 4.79 Å². The summed E-state index contributed by atoms with van der Waals surface area (Å²) in [7, 11) is 0. The number of amides is 1. The minimum absolute atomic E-state index is 0.425. The lowest BCUT2D eigenvalue weighted by Crippen LogP contribution is -2.27. The summed E-state index contributed by atoms with van der Waals surface area (Å²) in [4.78, 5) is 19.0. The van der Waals surface area contributed by atoms with Crippen molar-refractivity contribution >= 4 is 22.6 Å². The molecule has 0 radical (unpaired) electrons. The number of carbonyl (C=O) groups excluding carboxylic acids is 1. The van der Waals surface area contributed by atoms with Crippen molar-refractivity contribution in [2.24, 2.45) is 17.6 Å². The van der Waals surface area contributed by atoms with Crippen LogP contribution in [-0.4, -0.2) is 21.9 Å². The average Bonchev–Trinajstić information content (AvgIpc) is 3.14. The first-order valence-corrected chi connectivity index (χ1v) is 7.25. The number of aromatic nitrogens is 2. The molecule has 0 aliphatic heterocycles. The van der Waals surface area contributed by atoms with Gasteiger partial charge in [-0.3, -0.25) is 4.79 Å². The summed E-state index contributed by atoms with van der Waals surface area (Å²) in [6.45, 7) is 0. The van der Waals surface area contributed by atoms with Gasteiger partial charge in [-0.25, -0.2) is 4.98 Å². The largest absolute Gasteiger partial charge is 0.381 e. The van der Waals surface area contributed by atoms with Gasteiger partial charge < -0.3 is 16.0 Å². The number of H-pyrrole nitrogens is 1. The second kappa shape index (κ2) is 4.23. The molecule has 2 aliphatic carbocycles. The van der Waals surface area contributed by atoms with Crippen LogP contribution in [0.5, 0.6) is 0 Å². The molecule has 5 heteroatoms.